The van der Waals surface area contributed by atoms with Crippen LogP contribution in [0.2, 0.25) is 0 Å². The number of aryl methyl sites for hydroxylation is 1. The van der Waals surface area contributed by atoms with E-state index in [1.165, 1.54) is 6.20 Å². The number of hydrogen-bond donors (Lipinski definition) is 2. The maximum atomic E-state index is 13.5. The molecule has 0 saturated carbocycles. The number of nitrogens with zero attached hydrogens (tertiary/aromatic N) is 1. The van der Waals surface area contributed by atoms with Crippen LogP contribution in [-0.4, -0.2) is 16.1 Å². The highest BCUT2D eigenvalue weighted by atomic mass is 79.9. The van der Waals surface area contributed by atoms with Crippen molar-refractivity contribution in [3.8, 4) is 0 Å². The summed E-state index contributed by atoms with van der Waals surface area (Å²) >= 11 is 2.85. The van der Waals surface area contributed by atoms with Crippen LogP contribution in [0.4, 0.5) is 14.5 Å². The molecule has 1 heterocycles. The van der Waals surface area contributed by atoms with E-state index in [1.54, 1.807) is 6.92 Å². The summed E-state index contributed by atoms with van der Waals surface area (Å²) in [6.45, 7) is 1.65. The van der Waals surface area contributed by atoms with Crippen molar-refractivity contribution in [2.45, 2.75) is 6.92 Å². The third kappa shape index (κ3) is 2.40. The van der Waals surface area contributed by atoms with Crippen LogP contribution in [0.5, 0.6) is 0 Å². The second-order valence-corrected chi connectivity index (χ2v) is 4.46. The van der Waals surface area contributed by atoms with Gasteiger partial charge in [-0.25, -0.2) is 8.78 Å². The highest BCUT2D eigenvalue weighted by Crippen LogP contribution is 2.23. The monoisotopic (exact) mass is 315 g/mol. The first-order valence-corrected chi connectivity index (χ1v) is 5.74. The van der Waals surface area contributed by atoms with Gasteiger partial charge in [0, 0.05) is 11.8 Å². The van der Waals surface area contributed by atoms with E-state index in [0.717, 1.165) is 12.1 Å². The van der Waals surface area contributed by atoms with Gasteiger partial charge >= 0.3 is 0 Å². The molecule has 0 fully saturated rings. The Hall–Kier alpha value is -1.76. The molecule has 0 aliphatic carbocycles. The van der Waals surface area contributed by atoms with Crippen molar-refractivity contribution in [1.29, 1.82) is 0 Å². The minimum absolute atomic E-state index is 0.00232. The predicted molar refractivity (Wildman–Crippen MR) is 65.3 cm³/mol. The van der Waals surface area contributed by atoms with Crippen molar-refractivity contribution in [3.63, 3.8) is 0 Å². The van der Waals surface area contributed by atoms with E-state index in [2.05, 4.69) is 31.4 Å². The Morgan fingerprint density at radius 1 is 1.39 bits per heavy atom. The molecule has 18 heavy (non-hydrogen) atoms. The zero-order valence-corrected chi connectivity index (χ0v) is 10.8. The molecular weight excluding hydrogens is 308 g/mol. The van der Waals surface area contributed by atoms with Crippen LogP contribution < -0.4 is 5.32 Å². The summed E-state index contributed by atoms with van der Waals surface area (Å²) in [5, 5.41) is 8.55. The summed E-state index contributed by atoms with van der Waals surface area (Å²) in [6.07, 6.45) is 1.32. The van der Waals surface area contributed by atoms with Gasteiger partial charge in [0.1, 0.15) is 11.6 Å². The van der Waals surface area contributed by atoms with E-state index < -0.39 is 17.5 Å². The number of H-pyrrole nitrogens is 1. The summed E-state index contributed by atoms with van der Waals surface area (Å²) in [4.78, 5) is 11.8. The first kappa shape index (κ1) is 12.7. The van der Waals surface area contributed by atoms with Gasteiger partial charge in [-0.1, -0.05) is 0 Å². The molecule has 0 aliphatic heterocycles. The smallest absolute Gasteiger partial charge is 0.259 e. The minimum atomic E-state index is -0.724. The summed E-state index contributed by atoms with van der Waals surface area (Å²) in [6, 6.07) is 1.86. The van der Waals surface area contributed by atoms with E-state index >= 15 is 0 Å². The normalized spacial score (nSPS) is 10.4. The molecule has 2 rings (SSSR count). The predicted octanol–water partition coefficient (Wildman–Crippen LogP) is 3.01. The Bertz CT molecular complexity index is 612. The lowest BCUT2D eigenvalue weighted by molar-refractivity contribution is 0.102. The second-order valence-electron chi connectivity index (χ2n) is 3.61. The van der Waals surface area contributed by atoms with Crippen LogP contribution in [0.1, 0.15) is 16.1 Å². The van der Waals surface area contributed by atoms with Gasteiger partial charge in [0.15, 0.2) is 0 Å². The maximum absolute atomic E-state index is 13.5. The number of carbonyl (C=O) groups excluding carboxylic acids is 1. The molecule has 0 unspecified atom stereocenters. The van der Waals surface area contributed by atoms with Gasteiger partial charge in [-0.3, -0.25) is 9.89 Å². The van der Waals surface area contributed by atoms with Crippen molar-refractivity contribution in [1.82, 2.24) is 10.2 Å². The molecule has 0 radical (unpaired) electrons. The number of amides is 1. The van der Waals surface area contributed by atoms with Gasteiger partial charge in [0.2, 0.25) is 0 Å². The molecule has 7 heteroatoms. The van der Waals surface area contributed by atoms with Gasteiger partial charge in [0.05, 0.1) is 21.9 Å². The molecule has 1 amide bonds. The lowest BCUT2D eigenvalue weighted by atomic mass is 10.2. The number of carbonyl (C=O) groups is 1. The van der Waals surface area contributed by atoms with Crippen LogP contribution >= 0.6 is 15.9 Å². The van der Waals surface area contributed by atoms with E-state index in [-0.39, 0.29) is 15.7 Å². The SMILES string of the molecule is Cc1[nH]ncc1C(=O)Nc1cc(F)c(Br)cc1F. The number of aromatic amines is 1. The third-order valence-electron chi connectivity index (χ3n) is 2.33. The molecule has 2 aromatic rings. The first-order chi connectivity index (χ1) is 8.49. The Labute approximate surface area is 110 Å². The van der Waals surface area contributed by atoms with Crippen LogP contribution in [0.25, 0.3) is 0 Å². The number of rotatable bonds is 2. The minimum Gasteiger partial charge on any atom is -0.319 e. The summed E-state index contributed by atoms with van der Waals surface area (Å²) in [5.41, 5.74) is 0.601. The number of aromatic nitrogens is 2. The van der Waals surface area contributed by atoms with E-state index in [4.69, 9.17) is 0 Å². The lowest BCUT2D eigenvalue weighted by Crippen LogP contribution is -2.13. The Balaban J connectivity index is 2.28. The maximum Gasteiger partial charge on any atom is 0.259 e. The van der Waals surface area contributed by atoms with Gasteiger partial charge < -0.3 is 5.32 Å². The fourth-order valence-corrected chi connectivity index (χ4v) is 1.70. The van der Waals surface area contributed by atoms with Crippen LogP contribution in [-0.2, 0) is 0 Å². The summed E-state index contributed by atoms with van der Waals surface area (Å²) in [5.74, 6) is -1.93. The van der Waals surface area contributed by atoms with Crippen LogP contribution in [0, 0.1) is 18.6 Å². The average Bonchev–Trinajstić information content (AvgIpc) is 2.72. The highest BCUT2D eigenvalue weighted by Gasteiger charge is 2.15. The molecular formula is C11H8BrF2N3O. The summed E-state index contributed by atoms with van der Waals surface area (Å²) in [7, 11) is 0. The molecule has 94 valence electrons. The van der Waals surface area contributed by atoms with Crippen molar-refractivity contribution in [3.05, 3.63) is 45.7 Å². The zero-order valence-electron chi connectivity index (χ0n) is 9.22. The zero-order chi connectivity index (χ0) is 13.3. The molecule has 2 N–H and O–H groups in total. The van der Waals surface area contributed by atoms with Gasteiger partial charge in [-0.15, -0.1) is 0 Å². The van der Waals surface area contributed by atoms with Crippen LogP contribution in [0.3, 0.4) is 0 Å². The number of anilines is 1. The third-order valence-corrected chi connectivity index (χ3v) is 2.94. The van der Waals surface area contributed by atoms with E-state index in [9.17, 15) is 13.6 Å². The molecule has 0 spiro atoms. The lowest BCUT2D eigenvalue weighted by Gasteiger charge is -2.06. The van der Waals surface area contributed by atoms with Gasteiger partial charge in [0.25, 0.3) is 5.91 Å². The fraction of sp³-hybridized carbons (Fsp3) is 0.0909. The van der Waals surface area contributed by atoms with Crippen molar-refractivity contribution in [2.24, 2.45) is 0 Å². The molecule has 1 aromatic carbocycles. The number of benzene rings is 1. The van der Waals surface area contributed by atoms with E-state index in [0.29, 0.717) is 5.69 Å². The number of halogens is 3. The molecule has 0 aliphatic rings. The molecule has 4 nitrogen and oxygen atoms in total. The van der Waals surface area contributed by atoms with Crippen molar-refractivity contribution in [2.75, 3.05) is 5.32 Å². The average molecular weight is 316 g/mol. The fourth-order valence-electron chi connectivity index (χ4n) is 1.39. The summed E-state index contributed by atoms with van der Waals surface area (Å²) < 4.78 is 26.7. The standard InChI is InChI=1S/C11H8BrF2N3O/c1-5-6(4-15-17-5)11(18)16-10-3-8(13)7(12)2-9(10)14/h2-4H,1H3,(H,15,17)(H,16,18). The number of nitrogens with one attached hydrogen (secondary N) is 2. The molecule has 0 saturated heterocycles. The topological polar surface area (TPSA) is 57.8 Å². The highest BCUT2D eigenvalue weighted by molar-refractivity contribution is 9.10. The number of hydrogen-bond acceptors (Lipinski definition) is 2. The molecule has 0 bridgehead atoms. The molecule has 1 aromatic heterocycles. The van der Waals surface area contributed by atoms with Crippen molar-refractivity contribution >= 4 is 27.5 Å². The quantitative estimate of drug-likeness (QED) is 0.837. The van der Waals surface area contributed by atoms with Crippen LogP contribution in [0.15, 0.2) is 22.8 Å². The Morgan fingerprint density at radius 2 is 2.11 bits per heavy atom. The van der Waals surface area contributed by atoms with Crippen molar-refractivity contribution < 1.29 is 13.6 Å². The Kier molecular flexibility index (Phi) is 3.42. The molecule has 0 atom stereocenters. The van der Waals surface area contributed by atoms with Gasteiger partial charge in [-0.05, 0) is 28.9 Å². The Morgan fingerprint density at radius 3 is 2.72 bits per heavy atom. The second kappa shape index (κ2) is 4.85. The van der Waals surface area contributed by atoms with E-state index in [1.807, 2.05) is 0 Å². The largest absolute Gasteiger partial charge is 0.319 e. The first-order valence-electron chi connectivity index (χ1n) is 4.95. The van der Waals surface area contributed by atoms with Gasteiger partial charge in [-0.2, -0.15) is 5.10 Å².